The lowest BCUT2D eigenvalue weighted by Gasteiger charge is -2.31. The van der Waals surface area contributed by atoms with Crippen molar-refractivity contribution >= 4 is 5.82 Å². The number of benzene rings is 1. The smallest absolute Gasteiger partial charge is 0.381 e. The van der Waals surface area contributed by atoms with Crippen LogP contribution in [0.5, 0.6) is 0 Å². The highest BCUT2D eigenvalue weighted by atomic mass is 19.4. The molecule has 1 saturated carbocycles. The third-order valence-corrected chi connectivity index (χ3v) is 7.57. The van der Waals surface area contributed by atoms with Gasteiger partial charge in [-0.15, -0.1) is 10.2 Å². The number of rotatable bonds is 5. The molecule has 34 heavy (non-hydrogen) atoms. The van der Waals surface area contributed by atoms with E-state index in [1.165, 1.54) is 18.2 Å². The first-order valence-corrected chi connectivity index (χ1v) is 12.0. The number of hydrogen-bond acceptors (Lipinski definition) is 5. The second-order valence-electron chi connectivity index (χ2n) is 10.4. The molecule has 3 atom stereocenters. The number of aromatic nitrogens is 2. The summed E-state index contributed by atoms with van der Waals surface area (Å²) in [6.45, 7) is 6.75. The van der Waals surface area contributed by atoms with Crippen molar-refractivity contribution in [3.63, 3.8) is 0 Å². The quantitative estimate of drug-likeness (QED) is 0.596. The van der Waals surface area contributed by atoms with Crippen LogP contribution in [-0.2, 0) is 10.9 Å². The highest BCUT2D eigenvalue weighted by molar-refractivity contribution is 5.62. The third kappa shape index (κ3) is 5.05. The number of hydrogen-bond donors (Lipinski definition) is 1. The number of likely N-dealkylation sites (tertiary alicyclic amines) is 1. The van der Waals surface area contributed by atoms with Gasteiger partial charge in [-0.3, -0.25) is 0 Å². The topological polar surface area (TPSA) is 50.3 Å². The van der Waals surface area contributed by atoms with Gasteiger partial charge in [-0.1, -0.05) is 12.1 Å². The fourth-order valence-corrected chi connectivity index (χ4v) is 6.06. The van der Waals surface area contributed by atoms with Gasteiger partial charge < -0.3 is 15.0 Å². The van der Waals surface area contributed by atoms with E-state index in [1.807, 2.05) is 6.92 Å². The maximum Gasteiger partial charge on any atom is 0.420 e. The predicted molar refractivity (Wildman–Crippen MR) is 121 cm³/mol. The van der Waals surface area contributed by atoms with Gasteiger partial charge >= 0.3 is 6.18 Å². The molecule has 3 fully saturated rings. The van der Waals surface area contributed by atoms with E-state index in [4.69, 9.17) is 4.74 Å². The molecule has 1 unspecified atom stereocenters. The van der Waals surface area contributed by atoms with Crippen LogP contribution in [0, 0.1) is 23.6 Å². The van der Waals surface area contributed by atoms with Gasteiger partial charge in [0.1, 0.15) is 11.4 Å². The lowest BCUT2D eigenvalue weighted by Crippen LogP contribution is -2.37. The minimum absolute atomic E-state index is 0.00502. The third-order valence-electron chi connectivity index (χ3n) is 7.57. The van der Waals surface area contributed by atoms with Crippen LogP contribution in [0.2, 0.25) is 0 Å². The lowest BCUT2D eigenvalue weighted by atomic mass is 9.96. The van der Waals surface area contributed by atoms with Crippen molar-refractivity contribution in [3.8, 4) is 11.3 Å². The first kappa shape index (κ1) is 23.5. The van der Waals surface area contributed by atoms with Gasteiger partial charge in [0.2, 0.25) is 0 Å². The van der Waals surface area contributed by atoms with E-state index in [9.17, 15) is 17.6 Å². The number of fused-ring (bicyclic) bond motifs is 1. The van der Waals surface area contributed by atoms with E-state index in [0.29, 0.717) is 17.8 Å². The highest BCUT2D eigenvalue weighted by Gasteiger charge is 2.48. The molecule has 0 spiro atoms. The van der Waals surface area contributed by atoms with Gasteiger partial charge in [0.15, 0.2) is 5.82 Å². The van der Waals surface area contributed by atoms with E-state index in [0.717, 1.165) is 70.7 Å². The molecule has 2 saturated heterocycles. The standard InChI is InChI=1S/C25H30F4N4O/c1-24(11-18-14-33(15-19(18)12-24)13-16-5-7-34-8-6-16)30-23-21(25(27,28)29)10-22(31-32-23)17-3-2-4-20(26)9-17/h2-4,9-10,16,18-19H,5-8,11-15H2,1H3,(H,30,32)/t18-,19+,24?. The summed E-state index contributed by atoms with van der Waals surface area (Å²) in [6.07, 6.45) is -0.796. The Morgan fingerprint density at radius 3 is 2.44 bits per heavy atom. The molecule has 3 heterocycles. The van der Waals surface area contributed by atoms with Crippen LogP contribution in [0.4, 0.5) is 23.4 Å². The van der Waals surface area contributed by atoms with Crippen molar-refractivity contribution in [1.29, 1.82) is 0 Å². The zero-order valence-electron chi connectivity index (χ0n) is 19.2. The van der Waals surface area contributed by atoms with E-state index >= 15 is 0 Å². The summed E-state index contributed by atoms with van der Waals surface area (Å²) in [7, 11) is 0. The summed E-state index contributed by atoms with van der Waals surface area (Å²) in [5, 5.41) is 11.0. The summed E-state index contributed by atoms with van der Waals surface area (Å²) in [4.78, 5) is 2.53. The second-order valence-corrected chi connectivity index (χ2v) is 10.4. The molecule has 1 N–H and O–H groups in total. The average molecular weight is 479 g/mol. The minimum Gasteiger partial charge on any atom is -0.381 e. The van der Waals surface area contributed by atoms with Gasteiger partial charge in [0.25, 0.3) is 0 Å². The molecule has 9 heteroatoms. The lowest BCUT2D eigenvalue weighted by molar-refractivity contribution is -0.137. The molecular weight excluding hydrogens is 448 g/mol. The van der Waals surface area contributed by atoms with E-state index < -0.39 is 23.1 Å². The predicted octanol–water partition coefficient (Wildman–Crippen LogP) is 5.24. The maximum atomic E-state index is 13.9. The fourth-order valence-electron chi connectivity index (χ4n) is 6.06. The Kier molecular flexibility index (Phi) is 6.27. The van der Waals surface area contributed by atoms with E-state index in [-0.39, 0.29) is 17.1 Å². The molecule has 1 aliphatic carbocycles. The Morgan fingerprint density at radius 1 is 1.09 bits per heavy atom. The van der Waals surface area contributed by atoms with Crippen molar-refractivity contribution in [2.45, 2.75) is 44.3 Å². The zero-order valence-corrected chi connectivity index (χ0v) is 19.2. The molecule has 3 aliphatic rings. The van der Waals surface area contributed by atoms with Crippen molar-refractivity contribution < 1.29 is 22.3 Å². The number of ether oxygens (including phenoxy) is 1. The monoisotopic (exact) mass is 478 g/mol. The Bertz CT molecular complexity index is 1010. The molecule has 184 valence electrons. The molecule has 5 rings (SSSR count). The number of anilines is 1. The highest BCUT2D eigenvalue weighted by Crippen LogP contribution is 2.46. The van der Waals surface area contributed by atoms with Gasteiger partial charge in [0.05, 0.1) is 5.69 Å². The van der Waals surface area contributed by atoms with Crippen molar-refractivity contribution in [2.24, 2.45) is 17.8 Å². The number of nitrogens with zero attached hydrogens (tertiary/aromatic N) is 3. The molecule has 5 nitrogen and oxygen atoms in total. The Hall–Kier alpha value is -2.26. The molecular formula is C25H30F4N4O. The van der Waals surface area contributed by atoms with Crippen LogP contribution in [0.25, 0.3) is 11.3 Å². The molecule has 0 bridgehead atoms. The maximum absolute atomic E-state index is 13.9. The van der Waals surface area contributed by atoms with E-state index in [1.54, 1.807) is 0 Å². The normalized spacial score (nSPS) is 28.3. The summed E-state index contributed by atoms with van der Waals surface area (Å²) in [6, 6.07) is 6.31. The first-order valence-electron chi connectivity index (χ1n) is 12.0. The number of alkyl halides is 3. The molecule has 0 radical (unpaired) electrons. The molecule has 1 aromatic heterocycles. The van der Waals surface area contributed by atoms with Crippen LogP contribution >= 0.6 is 0 Å². The molecule has 0 amide bonds. The van der Waals surface area contributed by atoms with Crippen LogP contribution < -0.4 is 5.32 Å². The fraction of sp³-hybridized carbons (Fsp3) is 0.600. The number of halogens is 4. The molecule has 2 aromatic rings. The van der Waals surface area contributed by atoms with Crippen LogP contribution in [0.3, 0.4) is 0 Å². The van der Waals surface area contributed by atoms with Crippen LogP contribution in [0.15, 0.2) is 30.3 Å². The van der Waals surface area contributed by atoms with Gasteiger partial charge in [-0.2, -0.15) is 13.2 Å². The Morgan fingerprint density at radius 2 is 1.79 bits per heavy atom. The SMILES string of the molecule is CC1(Nc2nnc(-c3cccc(F)c3)cc2C(F)(F)F)C[C@H]2CN(CC3CCOCC3)C[C@H]2C1. The number of nitrogens with one attached hydrogen (secondary N) is 1. The average Bonchev–Trinajstić information content (AvgIpc) is 3.27. The molecule has 2 aliphatic heterocycles. The van der Waals surface area contributed by atoms with Crippen molar-refractivity contribution in [2.75, 3.05) is 38.2 Å². The zero-order chi connectivity index (χ0) is 23.9. The first-order chi connectivity index (χ1) is 16.2. The summed E-state index contributed by atoms with van der Waals surface area (Å²) < 4.78 is 60.8. The Balaban J connectivity index is 1.29. The summed E-state index contributed by atoms with van der Waals surface area (Å²) >= 11 is 0. The molecule has 1 aromatic carbocycles. The van der Waals surface area contributed by atoms with Gasteiger partial charge in [-0.05, 0) is 68.6 Å². The minimum atomic E-state index is -4.61. The van der Waals surface area contributed by atoms with Crippen molar-refractivity contribution in [3.05, 3.63) is 41.7 Å². The summed E-state index contributed by atoms with van der Waals surface area (Å²) in [5.41, 5.74) is -1.10. The second kappa shape index (κ2) is 9.07. The van der Waals surface area contributed by atoms with Crippen LogP contribution in [0.1, 0.15) is 38.2 Å². The Labute approximate surface area is 196 Å². The van der Waals surface area contributed by atoms with Crippen molar-refractivity contribution in [1.82, 2.24) is 15.1 Å². The van der Waals surface area contributed by atoms with Gasteiger partial charge in [-0.25, -0.2) is 4.39 Å². The van der Waals surface area contributed by atoms with E-state index in [2.05, 4.69) is 20.4 Å². The van der Waals surface area contributed by atoms with Gasteiger partial charge in [0, 0.05) is 44.0 Å². The van der Waals surface area contributed by atoms with Crippen LogP contribution in [-0.4, -0.2) is 53.5 Å². The summed E-state index contributed by atoms with van der Waals surface area (Å²) in [5.74, 6) is 0.816. The largest absolute Gasteiger partial charge is 0.420 e.